The van der Waals surface area contributed by atoms with Gasteiger partial charge in [-0.05, 0) is 45.8 Å². The van der Waals surface area contributed by atoms with Crippen LogP contribution in [0.25, 0.3) is 21.5 Å². The number of hydrogen-bond acceptors (Lipinski definition) is 4. The summed E-state index contributed by atoms with van der Waals surface area (Å²) in [6.45, 7) is 0.187. The molecule has 4 aromatic rings. The van der Waals surface area contributed by atoms with Gasteiger partial charge in [-0.2, -0.15) is 0 Å². The highest BCUT2D eigenvalue weighted by Crippen LogP contribution is 2.29. The number of methoxy groups -OCH3 is 1. The molecule has 0 atom stereocenters. The van der Waals surface area contributed by atoms with Crippen LogP contribution in [0.1, 0.15) is 15.9 Å². The number of benzene rings is 4. The summed E-state index contributed by atoms with van der Waals surface area (Å²) in [4.78, 5) is 12.5. The zero-order valence-corrected chi connectivity index (χ0v) is 14.9. The first-order valence-electron chi connectivity index (χ1n) is 8.67. The molecule has 0 radical (unpaired) electrons. The predicted molar refractivity (Wildman–Crippen MR) is 108 cm³/mol. The van der Waals surface area contributed by atoms with E-state index in [2.05, 4.69) is 30.3 Å². The van der Waals surface area contributed by atoms with E-state index in [0.29, 0.717) is 17.0 Å². The van der Waals surface area contributed by atoms with Gasteiger partial charge in [0.15, 0.2) is 0 Å². The first-order chi connectivity index (χ1) is 13.2. The second kappa shape index (κ2) is 7.00. The fourth-order valence-electron chi connectivity index (χ4n) is 3.35. The van der Waals surface area contributed by atoms with Crippen molar-refractivity contribution in [1.82, 2.24) is 0 Å². The Bertz CT molecular complexity index is 1100. The molecule has 4 heteroatoms. The Morgan fingerprint density at radius 1 is 0.889 bits per heavy atom. The number of carbonyl (C=O) groups is 1. The van der Waals surface area contributed by atoms with Crippen LogP contribution in [-0.4, -0.2) is 13.1 Å². The van der Waals surface area contributed by atoms with Gasteiger partial charge in [0.2, 0.25) is 0 Å². The molecule has 4 aromatic carbocycles. The molecule has 0 saturated carbocycles. The van der Waals surface area contributed by atoms with E-state index < -0.39 is 5.97 Å². The molecule has 4 nitrogen and oxygen atoms in total. The van der Waals surface area contributed by atoms with Gasteiger partial charge in [0.1, 0.15) is 12.4 Å². The first-order valence-corrected chi connectivity index (χ1v) is 8.67. The molecule has 4 rings (SSSR count). The van der Waals surface area contributed by atoms with E-state index in [9.17, 15) is 4.79 Å². The summed E-state index contributed by atoms with van der Waals surface area (Å²) < 4.78 is 10.8. The minimum absolute atomic E-state index is 0.187. The van der Waals surface area contributed by atoms with Crippen LogP contribution < -0.4 is 10.5 Å². The third-order valence-electron chi connectivity index (χ3n) is 4.70. The van der Waals surface area contributed by atoms with Crippen molar-refractivity contribution in [2.45, 2.75) is 6.61 Å². The van der Waals surface area contributed by atoms with Crippen molar-refractivity contribution in [2.24, 2.45) is 0 Å². The molecule has 0 heterocycles. The van der Waals surface area contributed by atoms with Crippen LogP contribution in [0.2, 0.25) is 0 Å². The predicted octanol–water partition coefficient (Wildman–Crippen LogP) is 4.94. The quantitative estimate of drug-likeness (QED) is 0.319. The number of ether oxygens (including phenoxy) is 2. The Hall–Kier alpha value is -3.53. The van der Waals surface area contributed by atoms with Crippen molar-refractivity contribution < 1.29 is 14.3 Å². The van der Waals surface area contributed by atoms with Gasteiger partial charge in [-0.1, -0.05) is 48.5 Å². The molecule has 0 aliphatic carbocycles. The van der Waals surface area contributed by atoms with Gasteiger partial charge in [-0.3, -0.25) is 0 Å². The van der Waals surface area contributed by atoms with Gasteiger partial charge in [0, 0.05) is 5.56 Å². The van der Waals surface area contributed by atoms with Crippen LogP contribution in [0, 0.1) is 0 Å². The van der Waals surface area contributed by atoms with E-state index in [1.807, 2.05) is 24.3 Å². The standard InChI is InChI=1S/C23H19NO3/c1-26-22-11-10-17(13-21(22)24)23(25)27-14-20-18-8-4-2-6-15(18)12-16-7-3-5-9-19(16)20/h2-13H,14,24H2,1H3. The molecule has 0 aliphatic heterocycles. The Labute approximate surface area is 157 Å². The van der Waals surface area contributed by atoms with E-state index in [1.54, 1.807) is 18.2 Å². The summed E-state index contributed by atoms with van der Waals surface area (Å²) >= 11 is 0. The van der Waals surface area contributed by atoms with Crippen LogP contribution >= 0.6 is 0 Å². The maximum Gasteiger partial charge on any atom is 0.338 e. The summed E-state index contributed by atoms with van der Waals surface area (Å²) in [5.74, 6) is 0.118. The van der Waals surface area contributed by atoms with Gasteiger partial charge < -0.3 is 15.2 Å². The molecule has 134 valence electrons. The van der Waals surface area contributed by atoms with Gasteiger partial charge in [0.25, 0.3) is 0 Å². The number of hydrogen-bond donors (Lipinski definition) is 1. The molecular formula is C23H19NO3. The zero-order chi connectivity index (χ0) is 18.8. The third kappa shape index (κ3) is 3.17. The van der Waals surface area contributed by atoms with Crippen LogP contribution in [-0.2, 0) is 11.3 Å². The van der Waals surface area contributed by atoms with Crippen molar-refractivity contribution in [2.75, 3.05) is 12.8 Å². The summed E-state index contributed by atoms with van der Waals surface area (Å²) in [7, 11) is 1.54. The number of anilines is 1. The lowest BCUT2D eigenvalue weighted by Crippen LogP contribution is -2.07. The monoisotopic (exact) mass is 357 g/mol. The molecule has 0 bridgehead atoms. The SMILES string of the molecule is COc1ccc(C(=O)OCc2c3ccccc3cc3ccccc23)cc1N. The van der Waals surface area contributed by atoms with Crippen LogP contribution in [0.5, 0.6) is 5.75 Å². The van der Waals surface area contributed by atoms with E-state index in [0.717, 1.165) is 27.1 Å². The summed E-state index contributed by atoms with van der Waals surface area (Å²) in [5.41, 5.74) is 7.70. The topological polar surface area (TPSA) is 61.5 Å². The zero-order valence-electron chi connectivity index (χ0n) is 14.9. The fraction of sp³-hybridized carbons (Fsp3) is 0.0870. The van der Waals surface area contributed by atoms with Gasteiger partial charge >= 0.3 is 5.97 Å². The average Bonchev–Trinajstić information content (AvgIpc) is 2.70. The van der Waals surface area contributed by atoms with Gasteiger partial charge in [0.05, 0.1) is 18.4 Å². The van der Waals surface area contributed by atoms with Gasteiger partial charge in [-0.15, -0.1) is 0 Å². The molecule has 0 aliphatic rings. The number of rotatable bonds is 4. The van der Waals surface area contributed by atoms with E-state index in [1.165, 1.54) is 7.11 Å². The first kappa shape index (κ1) is 16.9. The molecule has 0 unspecified atom stereocenters. The van der Waals surface area contributed by atoms with Crippen LogP contribution in [0.15, 0.2) is 72.8 Å². The second-order valence-corrected chi connectivity index (χ2v) is 6.33. The van der Waals surface area contributed by atoms with Crippen molar-refractivity contribution in [1.29, 1.82) is 0 Å². The highest BCUT2D eigenvalue weighted by Gasteiger charge is 2.13. The Morgan fingerprint density at radius 2 is 1.52 bits per heavy atom. The molecule has 0 amide bonds. The Morgan fingerprint density at radius 3 is 2.11 bits per heavy atom. The lowest BCUT2D eigenvalue weighted by atomic mass is 9.97. The molecule has 0 aromatic heterocycles. The van der Waals surface area contributed by atoms with Crippen LogP contribution in [0.3, 0.4) is 0 Å². The molecule has 0 fully saturated rings. The lowest BCUT2D eigenvalue weighted by Gasteiger charge is -2.13. The minimum atomic E-state index is -0.415. The highest BCUT2D eigenvalue weighted by molar-refractivity contribution is 6.02. The molecule has 0 spiro atoms. The molecule has 0 saturated heterocycles. The summed E-state index contributed by atoms with van der Waals surface area (Å²) in [6, 6.07) is 23.3. The Kier molecular flexibility index (Phi) is 4.38. The van der Waals surface area contributed by atoms with E-state index in [-0.39, 0.29) is 6.61 Å². The number of carbonyl (C=O) groups excluding carboxylic acids is 1. The number of nitrogens with two attached hydrogens (primary N) is 1. The van der Waals surface area contributed by atoms with Crippen molar-refractivity contribution in [3.63, 3.8) is 0 Å². The van der Waals surface area contributed by atoms with Crippen molar-refractivity contribution in [3.8, 4) is 5.75 Å². The van der Waals surface area contributed by atoms with E-state index in [4.69, 9.17) is 15.2 Å². The number of esters is 1. The van der Waals surface area contributed by atoms with Crippen LogP contribution in [0.4, 0.5) is 5.69 Å². The van der Waals surface area contributed by atoms with Crippen molar-refractivity contribution >= 4 is 33.2 Å². The second-order valence-electron chi connectivity index (χ2n) is 6.33. The fourth-order valence-corrected chi connectivity index (χ4v) is 3.35. The lowest BCUT2D eigenvalue weighted by molar-refractivity contribution is 0.0476. The largest absolute Gasteiger partial charge is 0.495 e. The number of fused-ring (bicyclic) bond motifs is 2. The molecular weight excluding hydrogens is 338 g/mol. The van der Waals surface area contributed by atoms with E-state index >= 15 is 0 Å². The number of nitrogen functional groups attached to an aromatic ring is 1. The van der Waals surface area contributed by atoms with Gasteiger partial charge in [-0.25, -0.2) is 4.79 Å². The smallest absolute Gasteiger partial charge is 0.338 e. The normalized spacial score (nSPS) is 10.9. The maximum atomic E-state index is 12.5. The molecule has 2 N–H and O–H groups in total. The minimum Gasteiger partial charge on any atom is -0.495 e. The average molecular weight is 357 g/mol. The van der Waals surface area contributed by atoms with Crippen molar-refractivity contribution in [3.05, 3.63) is 83.9 Å². The highest BCUT2D eigenvalue weighted by atomic mass is 16.5. The third-order valence-corrected chi connectivity index (χ3v) is 4.70. The summed E-state index contributed by atoms with van der Waals surface area (Å²) in [6.07, 6.45) is 0. The summed E-state index contributed by atoms with van der Waals surface area (Å²) in [5, 5.41) is 4.41. The molecule has 27 heavy (non-hydrogen) atoms. The maximum absolute atomic E-state index is 12.5. The Balaban J connectivity index is 1.68.